The Hall–Kier alpha value is -2.60. The smallest absolute Gasteiger partial charge is 0.143 e. The van der Waals surface area contributed by atoms with E-state index in [0.29, 0.717) is 17.4 Å². The van der Waals surface area contributed by atoms with Crippen LogP contribution in [0.1, 0.15) is 5.56 Å². The number of hydrogen-bond acceptors (Lipinski definition) is 5. The van der Waals surface area contributed by atoms with Gasteiger partial charge in [-0.05, 0) is 40.8 Å². The average molecular weight is 317 g/mol. The van der Waals surface area contributed by atoms with E-state index in [1.54, 1.807) is 17.9 Å². The van der Waals surface area contributed by atoms with Gasteiger partial charge >= 0.3 is 0 Å². The summed E-state index contributed by atoms with van der Waals surface area (Å²) >= 11 is 6.01. The molecule has 0 bridgehead atoms. The van der Waals surface area contributed by atoms with Crippen LogP contribution in [0.2, 0.25) is 5.02 Å². The first-order chi connectivity index (χ1) is 10.8. The lowest BCUT2D eigenvalue weighted by atomic mass is 10.2. The second-order valence-electron chi connectivity index (χ2n) is 4.50. The molecule has 0 spiro atoms. The molecule has 0 radical (unpaired) electrons. The van der Waals surface area contributed by atoms with Gasteiger partial charge in [-0.1, -0.05) is 17.7 Å². The summed E-state index contributed by atoms with van der Waals surface area (Å²) in [5, 5.41) is 11.7. The van der Waals surface area contributed by atoms with Crippen molar-refractivity contribution >= 4 is 11.6 Å². The molecule has 0 aliphatic rings. The molecule has 3 aromatic rings. The molecule has 0 aliphatic heterocycles. The molecular formula is C15H13ClN4O2. The highest BCUT2D eigenvalue weighted by molar-refractivity contribution is 6.30. The summed E-state index contributed by atoms with van der Waals surface area (Å²) in [6.07, 6.45) is 1.53. The first-order valence-corrected chi connectivity index (χ1v) is 6.93. The fourth-order valence-corrected chi connectivity index (χ4v) is 2.21. The third-order valence-electron chi connectivity index (χ3n) is 3.07. The molecule has 2 aromatic carbocycles. The molecule has 0 N–H and O–H groups in total. The number of aromatic nitrogens is 4. The number of hydrogen-bond donors (Lipinski definition) is 0. The second kappa shape index (κ2) is 6.44. The van der Waals surface area contributed by atoms with Gasteiger partial charge in [0.25, 0.3) is 0 Å². The minimum atomic E-state index is 0.350. The molecule has 0 unspecified atom stereocenters. The van der Waals surface area contributed by atoms with E-state index in [-0.39, 0.29) is 0 Å². The predicted octanol–water partition coefficient (Wildman–Crippen LogP) is 2.90. The molecule has 0 aliphatic carbocycles. The molecule has 1 heterocycles. The maximum atomic E-state index is 6.01. The van der Waals surface area contributed by atoms with E-state index >= 15 is 0 Å². The number of benzene rings is 2. The second-order valence-corrected chi connectivity index (χ2v) is 4.93. The van der Waals surface area contributed by atoms with Gasteiger partial charge in [0.15, 0.2) is 0 Å². The van der Waals surface area contributed by atoms with Crippen LogP contribution >= 0.6 is 11.6 Å². The van der Waals surface area contributed by atoms with Crippen LogP contribution in [-0.2, 0) is 6.61 Å². The van der Waals surface area contributed by atoms with E-state index in [9.17, 15) is 0 Å². The van der Waals surface area contributed by atoms with E-state index < -0.39 is 0 Å². The van der Waals surface area contributed by atoms with Gasteiger partial charge in [-0.25, -0.2) is 4.68 Å². The molecule has 22 heavy (non-hydrogen) atoms. The van der Waals surface area contributed by atoms with Crippen LogP contribution in [0.4, 0.5) is 0 Å². The molecule has 0 saturated carbocycles. The van der Waals surface area contributed by atoms with Crippen LogP contribution < -0.4 is 9.47 Å². The summed E-state index contributed by atoms with van der Waals surface area (Å²) in [6, 6.07) is 12.9. The summed E-state index contributed by atoms with van der Waals surface area (Å²) in [4.78, 5) is 0. The number of nitrogens with zero attached hydrogens (tertiary/aromatic N) is 4. The van der Waals surface area contributed by atoms with Gasteiger partial charge in [0.2, 0.25) is 0 Å². The molecule has 0 amide bonds. The van der Waals surface area contributed by atoms with Crippen molar-refractivity contribution in [3.05, 3.63) is 59.4 Å². The van der Waals surface area contributed by atoms with Crippen LogP contribution in [-0.4, -0.2) is 27.3 Å². The third-order valence-corrected chi connectivity index (χ3v) is 3.30. The highest BCUT2D eigenvalue weighted by Crippen LogP contribution is 2.25. The Morgan fingerprint density at radius 3 is 2.86 bits per heavy atom. The van der Waals surface area contributed by atoms with Gasteiger partial charge in [0, 0.05) is 16.7 Å². The van der Waals surface area contributed by atoms with E-state index in [1.807, 2.05) is 36.4 Å². The maximum Gasteiger partial charge on any atom is 0.143 e. The Morgan fingerprint density at radius 1 is 1.18 bits per heavy atom. The molecule has 0 saturated heterocycles. The van der Waals surface area contributed by atoms with Gasteiger partial charge in [0.05, 0.1) is 12.8 Å². The van der Waals surface area contributed by atoms with Gasteiger partial charge in [-0.15, -0.1) is 5.10 Å². The van der Waals surface area contributed by atoms with Gasteiger partial charge in [-0.3, -0.25) is 0 Å². The molecular weight excluding hydrogens is 304 g/mol. The van der Waals surface area contributed by atoms with E-state index in [0.717, 1.165) is 17.0 Å². The summed E-state index contributed by atoms with van der Waals surface area (Å²) in [7, 11) is 1.62. The number of ether oxygens (including phenoxy) is 2. The first kappa shape index (κ1) is 14.3. The highest BCUT2D eigenvalue weighted by Gasteiger charge is 2.06. The Kier molecular flexibility index (Phi) is 4.20. The fourth-order valence-electron chi connectivity index (χ4n) is 2.02. The number of rotatable bonds is 5. The first-order valence-electron chi connectivity index (χ1n) is 6.55. The van der Waals surface area contributed by atoms with Gasteiger partial charge < -0.3 is 9.47 Å². The average Bonchev–Trinajstić information content (AvgIpc) is 3.08. The van der Waals surface area contributed by atoms with Gasteiger partial charge in [0.1, 0.15) is 24.4 Å². The summed E-state index contributed by atoms with van der Waals surface area (Å²) in [5.74, 6) is 1.44. The topological polar surface area (TPSA) is 62.1 Å². The molecule has 1 aromatic heterocycles. The van der Waals surface area contributed by atoms with E-state index in [1.165, 1.54) is 6.33 Å². The number of halogens is 1. The van der Waals surface area contributed by atoms with Crippen LogP contribution in [0.15, 0.2) is 48.8 Å². The quantitative estimate of drug-likeness (QED) is 0.724. The maximum absolute atomic E-state index is 6.01. The Morgan fingerprint density at radius 2 is 2.09 bits per heavy atom. The molecule has 0 fully saturated rings. The highest BCUT2D eigenvalue weighted by atomic mass is 35.5. The molecule has 3 rings (SSSR count). The normalized spacial score (nSPS) is 10.5. The zero-order valence-electron chi connectivity index (χ0n) is 11.8. The lowest BCUT2D eigenvalue weighted by molar-refractivity contribution is 0.296. The molecule has 112 valence electrons. The van der Waals surface area contributed by atoms with Crippen molar-refractivity contribution in [2.24, 2.45) is 0 Å². The lowest BCUT2D eigenvalue weighted by Crippen LogP contribution is -2.00. The molecule has 7 heteroatoms. The largest absolute Gasteiger partial charge is 0.496 e. The minimum absolute atomic E-state index is 0.350. The zero-order valence-corrected chi connectivity index (χ0v) is 12.6. The fraction of sp³-hybridized carbons (Fsp3) is 0.133. The van der Waals surface area contributed by atoms with E-state index in [2.05, 4.69) is 15.5 Å². The summed E-state index contributed by atoms with van der Waals surface area (Å²) in [5.41, 5.74) is 1.70. The molecule has 6 nitrogen and oxygen atoms in total. The number of methoxy groups -OCH3 is 1. The summed E-state index contributed by atoms with van der Waals surface area (Å²) < 4.78 is 12.7. The van der Waals surface area contributed by atoms with Gasteiger partial charge in [-0.2, -0.15) is 0 Å². The lowest BCUT2D eigenvalue weighted by Gasteiger charge is -2.11. The van der Waals surface area contributed by atoms with Crippen molar-refractivity contribution in [2.75, 3.05) is 7.11 Å². The Bertz CT molecular complexity index is 762. The molecule has 0 atom stereocenters. The van der Waals surface area contributed by atoms with Crippen LogP contribution in [0.3, 0.4) is 0 Å². The summed E-state index contributed by atoms with van der Waals surface area (Å²) in [6.45, 7) is 0.350. The monoisotopic (exact) mass is 316 g/mol. The van der Waals surface area contributed by atoms with Crippen molar-refractivity contribution in [1.82, 2.24) is 20.2 Å². The van der Waals surface area contributed by atoms with Crippen LogP contribution in [0.5, 0.6) is 11.5 Å². The van der Waals surface area contributed by atoms with Crippen molar-refractivity contribution < 1.29 is 9.47 Å². The standard InChI is InChI=1S/C15H13ClN4O2/c1-21-15-6-5-12(16)7-11(15)9-22-14-4-2-3-13(8-14)20-10-17-18-19-20/h2-8,10H,9H2,1H3. The third kappa shape index (κ3) is 3.17. The zero-order chi connectivity index (χ0) is 15.4. The number of tetrazole rings is 1. The van der Waals surface area contributed by atoms with Crippen molar-refractivity contribution in [3.63, 3.8) is 0 Å². The predicted molar refractivity (Wildman–Crippen MR) is 81.5 cm³/mol. The van der Waals surface area contributed by atoms with Crippen molar-refractivity contribution in [2.45, 2.75) is 6.61 Å². The Labute approximate surface area is 132 Å². The van der Waals surface area contributed by atoms with Crippen LogP contribution in [0, 0.1) is 0 Å². The van der Waals surface area contributed by atoms with Crippen LogP contribution in [0.25, 0.3) is 5.69 Å². The SMILES string of the molecule is COc1ccc(Cl)cc1COc1cccc(-n2cnnn2)c1. The minimum Gasteiger partial charge on any atom is -0.496 e. The van der Waals surface area contributed by atoms with Crippen molar-refractivity contribution in [3.8, 4) is 17.2 Å². The van der Waals surface area contributed by atoms with E-state index in [4.69, 9.17) is 21.1 Å². The van der Waals surface area contributed by atoms with Crippen molar-refractivity contribution in [1.29, 1.82) is 0 Å². The Balaban J connectivity index is 1.77.